The molecule has 0 spiro atoms. The summed E-state index contributed by atoms with van der Waals surface area (Å²) in [6.07, 6.45) is 4.65. The van der Waals surface area contributed by atoms with Crippen LogP contribution >= 0.6 is 11.8 Å². The van der Waals surface area contributed by atoms with Crippen LogP contribution in [-0.2, 0) is 35.4 Å². The van der Waals surface area contributed by atoms with Crippen molar-refractivity contribution in [2.75, 3.05) is 13.7 Å². The topological polar surface area (TPSA) is 147 Å². The van der Waals surface area contributed by atoms with Gasteiger partial charge in [0.25, 0.3) is 10.9 Å². The Bertz CT molecular complexity index is 1730. The summed E-state index contributed by atoms with van der Waals surface area (Å²) in [5.41, 5.74) is 5.05. The normalized spacial score (nSPS) is 16.7. The maximum Gasteiger partial charge on any atom is 0.298 e. The molecule has 0 fully saturated rings. The molecule has 6 rings (SSSR count). The molecule has 4 heterocycles. The largest absolute Gasteiger partial charge is 0.496 e. The average molecular weight is 576 g/mol. The Morgan fingerprint density at radius 1 is 1.22 bits per heavy atom. The monoisotopic (exact) mass is 575 g/mol. The summed E-state index contributed by atoms with van der Waals surface area (Å²) in [6.45, 7) is 4.91. The van der Waals surface area contributed by atoms with Crippen molar-refractivity contribution in [1.29, 1.82) is 0 Å². The first-order valence-electron chi connectivity index (χ1n) is 13.4. The Labute approximate surface area is 239 Å². The number of hydrogen-bond acceptors (Lipinski definition) is 10. The highest BCUT2D eigenvalue weighted by Crippen LogP contribution is 2.42. The van der Waals surface area contributed by atoms with Gasteiger partial charge in [0.2, 0.25) is 5.89 Å². The SMILES string of the molecule is CCc1cccc2c3c([nH]c12)C(CC)(Cc1nnc(SCc2cn(-c4ccc(OC)cc4[N+](=O)[O-])nn2)o1)OCC3. The predicted molar refractivity (Wildman–Crippen MR) is 151 cm³/mol. The van der Waals surface area contributed by atoms with Gasteiger partial charge in [0.15, 0.2) is 0 Å². The molecule has 2 aromatic carbocycles. The highest BCUT2D eigenvalue weighted by Gasteiger charge is 2.41. The second-order valence-electron chi connectivity index (χ2n) is 9.81. The van der Waals surface area contributed by atoms with Crippen molar-refractivity contribution in [2.45, 2.75) is 56.1 Å². The van der Waals surface area contributed by atoms with E-state index in [2.05, 4.69) is 57.5 Å². The number of H-pyrrole nitrogens is 1. The first kappa shape index (κ1) is 27.0. The lowest BCUT2D eigenvalue weighted by atomic mass is 9.86. The van der Waals surface area contributed by atoms with Gasteiger partial charge in [-0.25, -0.2) is 4.68 Å². The highest BCUT2D eigenvalue weighted by atomic mass is 32.2. The number of nitro benzene ring substituents is 1. The van der Waals surface area contributed by atoms with Gasteiger partial charge in [0.1, 0.15) is 17.0 Å². The number of aromatic nitrogens is 6. The van der Waals surface area contributed by atoms with Crippen LogP contribution in [0.3, 0.4) is 0 Å². The number of para-hydroxylation sites is 1. The number of ether oxygens (including phenoxy) is 2. The lowest BCUT2D eigenvalue weighted by molar-refractivity contribution is -0.384. The molecule has 1 atom stereocenters. The van der Waals surface area contributed by atoms with Crippen LogP contribution in [0.5, 0.6) is 5.75 Å². The number of aryl methyl sites for hydroxylation is 1. The molecule has 0 aliphatic carbocycles. The Balaban J connectivity index is 1.18. The van der Waals surface area contributed by atoms with E-state index in [4.69, 9.17) is 13.9 Å². The van der Waals surface area contributed by atoms with E-state index >= 15 is 0 Å². The number of nitro groups is 1. The Hall–Kier alpha value is -4.23. The maximum atomic E-state index is 11.6. The van der Waals surface area contributed by atoms with Crippen molar-refractivity contribution in [2.24, 2.45) is 0 Å². The zero-order valence-corrected chi connectivity index (χ0v) is 23.7. The maximum absolute atomic E-state index is 11.6. The van der Waals surface area contributed by atoms with E-state index in [0.29, 0.717) is 47.0 Å². The Morgan fingerprint density at radius 2 is 2.10 bits per heavy atom. The molecule has 3 aromatic heterocycles. The van der Waals surface area contributed by atoms with Crippen molar-refractivity contribution < 1.29 is 18.8 Å². The van der Waals surface area contributed by atoms with Gasteiger partial charge in [-0.15, -0.1) is 15.3 Å². The lowest BCUT2D eigenvalue weighted by Gasteiger charge is -2.35. The van der Waals surface area contributed by atoms with E-state index in [1.807, 2.05) is 0 Å². The van der Waals surface area contributed by atoms with E-state index in [1.54, 1.807) is 18.3 Å². The number of aromatic amines is 1. The van der Waals surface area contributed by atoms with Gasteiger partial charge >= 0.3 is 0 Å². The second kappa shape index (κ2) is 11.0. The van der Waals surface area contributed by atoms with Crippen LogP contribution in [-0.4, -0.2) is 48.8 Å². The van der Waals surface area contributed by atoms with Gasteiger partial charge in [-0.2, -0.15) is 0 Å². The Kier molecular flexibility index (Phi) is 7.22. The van der Waals surface area contributed by atoms with Gasteiger partial charge in [-0.1, -0.05) is 49.0 Å². The third-order valence-electron chi connectivity index (χ3n) is 7.56. The quantitative estimate of drug-likeness (QED) is 0.132. The van der Waals surface area contributed by atoms with Crippen LogP contribution in [0.1, 0.15) is 48.7 Å². The number of nitrogens with one attached hydrogen (secondary N) is 1. The molecule has 1 N–H and O–H groups in total. The molecule has 0 radical (unpaired) electrons. The first-order chi connectivity index (χ1) is 19.9. The molecule has 1 unspecified atom stereocenters. The molecule has 212 valence electrons. The molecule has 5 aromatic rings. The van der Waals surface area contributed by atoms with Crippen molar-refractivity contribution in [3.63, 3.8) is 0 Å². The smallest absolute Gasteiger partial charge is 0.298 e. The van der Waals surface area contributed by atoms with Crippen LogP contribution in [0.15, 0.2) is 52.2 Å². The molecule has 0 saturated heterocycles. The number of thioether (sulfide) groups is 1. The highest BCUT2D eigenvalue weighted by molar-refractivity contribution is 7.98. The number of benzene rings is 2. The zero-order chi connectivity index (χ0) is 28.6. The van der Waals surface area contributed by atoms with E-state index in [0.717, 1.165) is 25.0 Å². The molecule has 13 heteroatoms. The van der Waals surface area contributed by atoms with Crippen molar-refractivity contribution in [3.8, 4) is 11.4 Å². The third kappa shape index (κ3) is 4.95. The minimum atomic E-state index is -0.581. The van der Waals surface area contributed by atoms with Crippen LogP contribution in [0.4, 0.5) is 5.69 Å². The van der Waals surface area contributed by atoms with Gasteiger partial charge in [0.05, 0.1) is 48.7 Å². The molecular weight excluding hydrogens is 546 g/mol. The lowest BCUT2D eigenvalue weighted by Crippen LogP contribution is -2.37. The molecular formula is C28H29N7O5S. The predicted octanol–water partition coefficient (Wildman–Crippen LogP) is 5.32. The number of hydrogen-bond donors (Lipinski definition) is 1. The van der Waals surface area contributed by atoms with Crippen molar-refractivity contribution in [1.82, 2.24) is 30.2 Å². The first-order valence-corrected chi connectivity index (χ1v) is 14.4. The summed E-state index contributed by atoms with van der Waals surface area (Å²) in [6, 6.07) is 11.0. The average Bonchev–Trinajstić information content (AvgIpc) is 3.74. The fourth-order valence-electron chi connectivity index (χ4n) is 5.44. The van der Waals surface area contributed by atoms with Crippen molar-refractivity contribution in [3.05, 3.63) is 81.1 Å². The van der Waals surface area contributed by atoms with Gasteiger partial charge in [0, 0.05) is 16.7 Å². The molecule has 0 amide bonds. The van der Waals surface area contributed by atoms with E-state index in [-0.39, 0.29) is 5.69 Å². The summed E-state index contributed by atoms with van der Waals surface area (Å²) >= 11 is 1.32. The summed E-state index contributed by atoms with van der Waals surface area (Å²) in [4.78, 5) is 14.8. The van der Waals surface area contributed by atoms with E-state index < -0.39 is 10.5 Å². The third-order valence-corrected chi connectivity index (χ3v) is 8.41. The number of methoxy groups -OCH3 is 1. The van der Waals surface area contributed by atoms with Crippen LogP contribution in [0.25, 0.3) is 16.6 Å². The summed E-state index contributed by atoms with van der Waals surface area (Å²) in [5, 5.41) is 30.0. The second-order valence-corrected chi connectivity index (χ2v) is 10.7. The van der Waals surface area contributed by atoms with Crippen LogP contribution in [0.2, 0.25) is 0 Å². The zero-order valence-electron chi connectivity index (χ0n) is 22.9. The minimum Gasteiger partial charge on any atom is -0.496 e. The fourth-order valence-corrected chi connectivity index (χ4v) is 6.10. The van der Waals surface area contributed by atoms with Gasteiger partial charge in [-0.3, -0.25) is 10.1 Å². The Morgan fingerprint density at radius 3 is 2.88 bits per heavy atom. The minimum absolute atomic E-state index is 0.131. The number of rotatable bonds is 10. The molecule has 0 bridgehead atoms. The van der Waals surface area contributed by atoms with Crippen LogP contribution in [0, 0.1) is 10.1 Å². The number of nitrogens with zero attached hydrogens (tertiary/aromatic N) is 6. The van der Waals surface area contributed by atoms with E-state index in [9.17, 15) is 10.1 Å². The van der Waals surface area contributed by atoms with Gasteiger partial charge in [-0.05, 0) is 42.5 Å². The number of fused-ring (bicyclic) bond motifs is 3. The van der Waals surface area contributed by atoms with E-state index in [1.165, 1.54) is 51.6 Å². The fraction of sp³-hybridized carbons (Fsp3) is 0.357. The molecule has 12 nitrogen and oxygen atoms in total. The van der Waals surface area contributed by atoms with Gasteiger partial charge < -0.3 is 18.9 Å². The summed E-state index contributed by atoms with van der Waals surface area (Å²) < 4.78 is 18.9. The molecule has 1 aliphatic heterocycles. The molecule has 1 aliphatic rings. The van der Waals surface area contributed by atoms with Crippen molar-refractivity contribution >= 4 is 28.4 Å². The van der Waals surface area contributed by atoms with Crippen LogP contribution < -0.4 is 4.74 Å². The molecule has 0 saturated carbocycles. The summed E-state index contributed by atoms with van der Waals surface area (Å²) in [7, 11) is 1.46. The summed E-state index contributed by atoms with van der Waals surface area (Å²) in [5.74, 6) is 1.28. The molecule has 41 heavy (non-hydrogen) atoms. The standard InChI is InChI=1S/C28H29N7O5S/c1-4-17-7-6-8-20-21-11-12-39-28(5-2,26(21)29-25(17)20)14-24-31-32-27(40-24)41-16-18-15-34(33-30-18)22-10-9-19(38-3)13-23(22)35(36)37/h6-10,13,15,29H,4-5,11-12,14,16H2,1-3H3.